The average molecular weight is 435 g/mol. The summed E-state index contributed by atoms with van der Waals surface area (Å²) in [6.07, 6.45) is -0.919. The van der Waals surface area contributed by atoms with E-state index in [2.05, 4.69) is 23.2 Å². The topological polar surface area (TPSA) is 30.2 Å². The monoisotopic (exact) mass is 435 g/mol. The van der Waals surface area contributed by atoms with Crippen LogP contribution in [0.1, 0.15) is 11.1 Å². The number of halogens is 3. The summed E-state index contributed by atoms with van der Waals surface area (Å²) < 4.78 is 40.7. The Bertz CT molecular complexity index is 1390. The van der Waals surface area contributed by atoms with Crippen LogP contribution in [0.4, 0.5) is 13.2 Å². The van der Waals surface area contributed by atoms with Crippen LogP contribution in [0, 0.1) is 0 Å². The van der Waals surface area contributed by atoms with Crippen LogP contribution in [-0.2, 0) is 11.9 Å². The molecule has 0 saturated heterocycles. The second-order valence-corrected chi connectivity index (χ2v) is 8.07. The van der Waals surface area contributed by atoms with Gasteiger partial charge in [0.2, 0.25) is 0 Å². The summed E-state index contributed by atoms with van der Waals surface area (Å²) in [5, 5.41) is 7.68. The smallest absolute Gasteiger partial charge is 0.246 e. The molecule has 2 heterocycles. The van der Waals surface area contributed by atoms with Gasteiger partial charge in [0.05, 0.1) is 16.8 Å². The van der Waals surface area contributed by atoms with Gasteiger partial charge in [0.1, 0.15) is 5.03 Å². The number of fused-ring (bicyclic) bond motifs is 2. The van der Waals surface area contributed by atoms with Gasteiger partial charge >= 0.3 is 6.18 Å². The summed E-state index contributed by atoms with van der Waals surface area (Å²) in [5.74, 6) is 0.380. The fourth-order valence-electron chi connectivity index (χ4n) is 3.58. The van der Waals surface area contributed by atoms with Crippen LogP contribution in [0.2, 0.25) is 0 Å². The second kappa shape index (κ2) is 7.74. The van der Waals surface area contributed by atoms with E-state index in [0.29, 0.717) is 11.3 Å². The molecule has 7 heteroatoms. The van der Waals surface area contributed by atoms with E-state index in [1.165, 1.54) is 23.9 Å². The lowest BCUT2D eigenvalue weighted by molar-refractivity contribution is -0.137. The summed E-state index contributed by atoms with van der Waals surface area (Å²) in [7, 11) is 0. The quantitative estimate of drug-likeness (QED) is 0.289. The van der Waals surface area contributed by atoms with Crippen molar-refractivity contribution < 1.29 is 13.2 Å². The highest BCUT2D eigenvalue weighted by molar-refractivity contribution is 7.98. The lowest BCUT2D eigenvalue weighted by Crippen LogP contribution is -2.04. The van der Waals surface area contributed by atoms with E-state index in [9.17, 15) is 13.2 Å². The molecule has 2 aromatic heterocycles. The Balaban J connectivity index is 1.48. The van der Waals surface area contributed by atoms with E-state index in [1.54, 1.807) is 23.0 Å². The summed E-state index contributed by atoms with van der Waals surface area (Å²) in [5.41, 5.74) is 2.63. The van der Waals surface area contributed by atoms with Crippen molar-refractivity contribution in [2.45, 2.75) is 17.0 Å². The number of aromatic nitrogens is 3. The molecule has 0 N–H and O–H groups in total. The normalized spacial score (nSPS) is 12.0. The summed E-state index contributed by atoms with van der Waals surface area (Å²) in [6, 6.07) is 21.6. The molecule has 5 rings (SSSR count). The van der Waals surface area contributed by atoms with Crippen LogP contribution in [0.15, 0.2) is 90.2 Å². The first-order chi connectivity index (χ1) is 15.0. The van der Waals surface area contributed by atoms with E-state index < -0.39 is 11.7 Å². The molecular formula is C24H16F3N3S. The molecule has 0 atom stereocenters. The molecule has 0 saturated carbocycles. The fourth-order valence-corrected chi connectivity index (χ4v) is 4.50. The molecule has 0 fully saturated rings. The maximum Gasteiger partial charge on any atom is 0.416 e. The maximum atomic E-state index is 13.0. The number of alkyl halides is 3. The first-order valence-electron chi connectivity index (χ1n) is 9.60. The number of benzene rings is 3. The highest BCUT2D eigenvalue weighted by Crippen LogP contribution is 2.33. The van der Waals surface area contributed by atoms with E-state index in [1.807, 2.05) is 30.3 Å². The Morgan fingerprint density at radius 2 is 1.71 bits per heavy atom. The van der Waals surface area contributed by atoms with Gasteiger partial charge in [-0.05, 0) is 28.5 Å². The molecule has 0 bridgehead atoms. The third-order valence-corrected chi connectivity index (χ3v) is 6.12. The Morgan fingerprint density at radius 3 is 2.58 bits per heavy atom. The van der Waals surface area contributed by atoms with Crippen molar-refractivity contribution in [2.75, 3.05) is 0 Å². The molecule has 0 amide bonds. The standard InChI is InChI=1S/C24H16F3N3S/c25-24(26,27)18-8-3-5-16(13-18)15-31-23-22-14-21(29-30(22)12-11-28-23)20-10-4-7-17-6-1-2-9-19(17)20/h1-14H,15H2. The van der Waals surface area contributed by atoms with Crippen LogP contribution in [0.5, 0.6) is 0 Å². The molecule has 5 aromatic rings. The van der Waals surface area contributed by atoms with Crippen LogP contribution in [-0.4, -0.2) is 14.6 Å². The van der Waals surface area contributed by atoms with Crippen molar-refractivity contribution >= 4 is 28.1 Å². The summed E-state index contributed by atoms with van der Waals surface area (Å²) in [4.78, 5) is 4.44. The van der Waals surface area contributed by atoms with Crippen molar-refractivity contribution in [3.63, 3.8) is 0 Å². The molecule has 0 unspecified atom stereocenters. The number of nitrogens with zero attached hydrogens (tertiary/aromatic N) is 3. The number of rotatable bonds is 4. The molecule has 0 aliphatic heterocycles. The van der Waals surface area contributed by atoms with Crippen molar-refractivity contribution in [3.8, 4) is 11.3 Å². The molecule has 3 aromatic carbocycles. The third-order valence-electron chi connectivity index (χ3n) is 5.05. The van der Waals surface area contributed by atoms with Gasteiger partial charge in [0, 0.05) is 23.7 Å². The van der Waals surface area contributed by atoms with Gasteiger partial charge in [0.25, 0.3) is 0 Å². The first-order valence-corrected chi connectivity index (χ1v) is 10.6. The SMILES string of the molecule is FC(F)(F)c1cccc(CSc2nccn3nc(-c4cccc5ccccc45)cc23)c1. The number of hydrogen-bond acceptors (Lipinski definition) is 3. The van der Waals surface area contributed by atoms with Crippen molar-refractivity contribution in [2.24, 2.45) is 0 Å². The van der Waals surface area contributed by atoms with Gasteiger partial charge in [-0.15, -0.1) is 0 Å². The van der Waals surface area contributed by atoms with Gasteiger partial charge < -0.3 is 0 Å². The van der Waals surface area contributed by atoms with E-state index >= 15 is 0 Å². The van der Waals surface area contributed by atoms with E-state index in [4.69, 9.17) is 5.10 Å². The largest absolute Gasteiger partial charge is 0.416 e. The van der Waals surface area contributed by atoms with Gasteiger partial charge in [-0.2, -0.15) is 18.3 Å². The molecule has 3 nitrogen and oxygen atoms in total. The molecule has 154 valence electrons. The first kappa shape index (κ1) is 19.6. The van der Waals surface area contributed by atoms with E-state index in [-0.39, 0.29) is 0 Å². The number of thioether (sulfide) groups is 1. The highest BCUT2D eigenvalue weighted by Gasteiger charge is 2.30. The number of hydrogen-bond donors (Lipinski definition) is 0. The van der Waals surface area contributed by atoms with Crippen LogP contribution >= 0.6 is 11.8 Å². The Morgan fingerprint density at radius 1 is 0.903 bits per heavy atom. The average Bonchev–Trinajstić information content (AvgIpc) is 3.22. The van der Waals surface area contributed by atoms with Crippen molar-refractivity contribution in [1.29, 1.82) is 0 Å². The molecule has 0 aliphatic rings. The van der Waals surface area contributed by atoms with Gasteiger partial charge in [0.15, 0.2) is 0 Å². The zero-order chi connectivity index (χ0) is 21.4. The zero-order valence-corrected chi connectivity index (χ0v) is 17.0. The van der Waals surface area contributed by atoms with Gasteiger partial charge in [-0.1, -0.05) is 72.4 Å². The highest BCUT2D eigenvalue weighted by atomic mass is 32.2. The Labute approximate surface area is 180 Å². The molecule has 0 radical (unpaired) electrons. The Hall–Kier alpha value is -3.32. The second-order valence-electron chi connectivity index (χ2n) is 7.11. The van der Waals surface area contributed by atoms with Crippen LogP contribution < -0.4 is 0 Å². The van der Waals surface area contributed by atoms with E-state index in [0.717, 1.165) is 38.6 Å². The predicted molar refractivity (Wildman–Crippen MR) is 117 cm³/mol. The fraction of sp³-hybridized carbons (Fsp3) is 0.0833. The van der Waals surface area contributed by atoms with Crippen LogP contribution in [0.3, 0.4) is 0 Å². The maximum absolute atomic E-state index is 13.0. The lowest BCUT2D eigenvalue weighted by atomic mass is 10.0. The predicted octanol–water partition coefficient (Wildman–Crippen LogP) is 6.86. The molecule has 0 spiro atoms. The molecule has 0 aliphatic carbocycles. The summed E-state index contributed by atoms with van der Waals surface area (Å²) in [6.45, 7) is 0. The minimum Gasteiger partial charge on any atom is -0.246 e. The van der Waals surface area contributed by atoms with Crippen molar-refractivity contribution in [1.82, 2.24) is 14.6 Å². The summed E-state index contributed by atoms with van der Waals surface area (Å²) >= 11 is 1.40. The van der Waals surface area contributed by atoms with Crippen molar-refractivity contribution in [3.05, 3.63) is 96.3 Å². The van der Waals surface area contributed by atoms with Crippen LogP contribution in [0.25, 0.3) is 27.5 Å². The molecule has 31 heavy (non-hydrogen) atoms. The molecular weight excluding hydrogens is 419 g/mol. The zero-order valence-electron chi connectivity index (χ0n) is 16.2. The lowest BCUT2D eigenvalue weighted by Gasteiger charge is -2.08. The van der Waals surface area contributed by atoms with Gasteiger partial charge in [-0.25, -0.2) is 9.50 Å². The third kappa shape index (κ3) is 3.88. The Kier molecular flexibility index (Phi) is 4.90. The minimum absolute atomic E-state index is 0.380. The van der Waals surface area contributed by atoms with Gasteiger partial charge in [-0.3, -0.25) is 0 Å². The minimum atomic E-state index is -4.35.